The highest BCUT2D eigenvalue weighted by Gasteiger charge is 3.00. The van der Waals surface area contributed by atoms with Gasteiger partial charge in [0.05, 0.1) is 12.0 Å². The third kappa shape index (κ3) is 25.6. The first kappa shape index (κ1) is 114. The normalized spacial score (nSPS) is 24.1. The first-order valence-corrected chi connectivity index (χ1v) is 140. The van der Waals surface area contributed by atoms with Crippen molar-refractivity contribution < 1.29 is 201 Å². The van der Waals surface area contributed by atoms with E-state index >= 15 is 0 Å². The van der Waals surface area contributed by atoms with Crippen LogP contribution in [-0.2, 0) is 76.0 Å². The second-order valence-electron chi connectivity index (χ2n) is 28.2. The summed E-state index contributed by atoms with van der Waals surface area (Å²) < 4.78 is 121. The van der Waals surface area contributed by atoms with Gasteiger partial charge < -0.3 is 196 Å². The van der Waals surface area contributed by atoms with Gasteiger partial charge in [-0.3, -0.25) is 4.79 Å². The van der Waals surface area contributed by atoms with Crippen molar-refractivity contribution in [2.24, 2.45) is 5.41 Å². The van der Waals surface area contributed by atoms with Crippen molar-refractivity contribution in [1.29, 1.82) is 0 Å². The van der Waals surface area contributed by atoms with Crippen molar-refractivity contribution in [3.8, 4) is 0 Å². The topological polar surface area (TPSA) is 700 Å². The molecule has 5 atom stereocenters. The number of rotatable bonds is 65. The van der Waals surface area contributed by atoms with Gasteiger partial charge in [-0.25, -0.2) is 0 Å². The molecule has 0 aliphatic carbocycles. The van der Waals surface area contributed by atoms with E-state index in [1.807, 2.05) is 6.92 Å². The Balaban J connectivity index is 13.7. The minimum Gasteiger partial charge on any atom is -0.463 e. The van der Waals surface area contributed by atoms with Gasteiger partial charge in [0.25, 0.3) is 107 Å². The molecule has 0 rings (SSSR count). The highest BCUT2D eigenvalue weighted by atomic mass is 30.5. The van der Waals surface area contributed by atoms with Crippen LogP contribution in [0.15, 0.2) is 0 Å². The zero-order chi connectivity index (χ0) is 83.4. The number of esters is 1. The fourth-order valence-corrected chi connectivity index (χ4v) is 756. The van der Waals surface area contributed by atoms with E-state index < -0.39 is 374 Å². The van der Waals surface area contributed by atoms with Crippen LogP contribution in [0.25, 0.3) is 0 Å². The third-order valence-corrected chi connectivity index (χ3v) is 444. The number of carbonyl (C=O) groups excluding carboxylic acids is 1. The molecular weight excluding hydrogens is 2140 g/mol. The molecule has 5 unspecified atom stereocenters. The number of hydrogen-bond acceptors (Lipinski definition) is 44. The summed E-state index contributed by atoms with van der Waals surface area (Å²) in [5.74, 6) is -0.488. The average molecular weight is 2260 g/mol. The first-order chi connectivity index (χ1) is 49.7. The second kappa shape index (κ2) is 50.1. The van der Waals surface area contributed by atoms with Crippen LogP contribution >= 0.6 is 0 Å². The van der Waals surface area contributed by atoms with Crippen LogP contribution in [0.1, 0.15) is 33.6 Å². The Morgan fingerprint density at radius 2 is 0.710 bits per heavy atom. The summed E-state index contributed by atoms with van der Waals surface area (Å²) in [5.41, 5.74) is -0.823. The van der Waals surface area contributed by atoms with Crippen LogP contribution < -0.4 is 0 Å². The lowest BCUT2D eigenvalue weighted by Crippen LogP contribution is -3.14. The van der Waals surface area contributed by atoms with E-state index in [9.17, 15) is 129 Å². The van der Waals surface area contributed by atoms with E-state index in [-0.39, 0.29) is 32.3 Å². The van der Waals surface area contributed by atoms with Crippen molar-refractivity contribution in [2.75, 3.05) is 19.8 Å². The molecule has 0 spiro atoms. The summed E-state index contributed by atoms with van der Waals surface area (Å²) >= 11 is 0. The minimum absolute atomic E-state index is 0.0349. The highest BCUT2D eigenvalue weighted by molar-refractivity contribution is 8.24. The summed E-state index contributed by atoms with van der Waals surface area (Å²) in [7, 11) is -139. The summed E-state index contributed by atoms with van der Waals surface area (Å²) in [6, 6.07) is -0.116. The first-order valence-electron chi connectivity index (χ1n) is 33.6. The Morgan fingerprint density at radius 3 is 0.991 bits per heavy atom. The van der Waals surface area contributed by atoms with Crippen molar-refractivity contribution >= 4 is 369 Å². The van der Waals surface area contributed by atoms with Gasteiger partial charge in [-0.15, -0.1) is 0 Å². The maximum absolute atomic E-state index is 14.0. The molecule has 0 aliphatic rings. The smallest absolute Gasteiger partial charge is 0.338 e. The molecule has 0 radical (unpaired) electrons. The molecule has 0 heterocycles. The van der Waals surface area contributed by atoms with Crippen LogP contribution in [0.2, 0.25) is 71.5 Å². The van der Waals surface area contributed by atoms with Crippen LogP contribution in [0.3, 0.4) is 0 Å². The van der Waals surface area contributed by atoms with Crippen LogP contribution in [-0.4, -0.2) is 514 Å². The molecule has 0 aromatic carbocycles. The molecule has 0 aromatic heterocycles. The van der Waals surface area contributed by atoms with E-state index in [0.717, 1.165) is 13.1 Å². The Kier molecular flexibility index (Phi) is 53.4. The van der Waals surface area contributed by atoms with Gasteiger partial charge >= 0.3 is 61.1 Å². The monoisotopic (exact) mass is 2260 g/mol. The predicted octanol–water partition coefficient (Wildman–Crippen LogP) is -36.4. The Morgan fingerprint density at radius 1 is 0.374 bits per heavy atom. The lowest BCUT2D eigenvalue weighted by Gasteiger charge is -2.71. The van der Waals surface area contributed by atoms with Gasteiger partial charge in [-0.05, 0) is 78.6 Å². The van der Waals surface area contributed by atoms with Crippen LogP contribution in [0, 0.1) is 5.41 Å². The van der Waals surface area contributed by atoms with E-state index in [0.29, 0.717) is 6.42 Å². The summed E-state index contributed by atoms with van der Waals surface area (Å²) in [5, 5.41) is 0. The van der Waals surface area contributed by atoms with Crippen molar-refractivity contribution in [2.45, 2.75) is 105 Å². The molecule has 0 saturated heterocycles. The van der Waals surface area contributed by atoms with Gasteiger partial charge in [-0.1, -0.05) is 26.6 Å². The Labute approximate surface area is 692 Å². The van der Waals surface area contributed by atoms with Crippen molar-refractivity contribution in [3.63, 3.8) is 0 Å². The van der Waals surface area contributed by atoms with E-state index in [1.165, 1.54) is 26.2 Å². The van der Waals surface area contributed by atoms with Crippen molar-refractivity contribution in [1.82, 2.24) is 0 Å². The van der Waals surface area contributed by atoms with Crippen LogP contribution in [0.5, 0.6) is 0 Å². The van der Waals surface area contributed by atoms with E-state index in [2.05, 4.69) is 0 Å². The van der Waals surface area contributed by atoms with E-state index in [4.69, 9.17) is 71.2 Å². The van der Waals surface area contributed by atoms with Gasteiger partial charge in [-0.2, -0.15) is 0 Å². The minimum atomic E-state index is -7.86. The lowest BCUT2D eigenvalue weighted by molar-refractivity contribution is -0.155. The quantitative estimate of drug-likeness (QED) is 0.0153. The molecule has 0 fully saturated rings. The van der Waals surface area contributed by atoms with Gasteiger partial charge in [0, 0.05) is 6.61 Å². The number of carbonyl (C=O) groups is 1. The standard InChI is InChI=1S/C21H126O44Si42/c1-14-21(2,3)20(22)50-18-17-49-16-15-19-94(13,60-91(5,6)7)58-90(4)59-98(106(102(82-39,83-40)55-70-27,103(84-41,85-42)56-71-28)63-96(74-31,75-32)51-66-23,65-99(100(78-35,79-36)53-68-25,101(80-37,81-38)54-69-26)62-95(48,73-30)92(8,9)10)107(104(86-43,87-44)57-72-29,64-97(76-33,77-34)52-67-24)105(88-45,89-46)61-93(11,12)47/h23-48,90H,14-19,66-89H2,1-13H3. The Hall–Kier alpha value is 6.90. The highest BCUT2D eigenvalue weighted by Crippen LogP contribution is 2.54. The zero-order valence-corrected chi connectivity index (χ0v) is 115. The molecule has 26 N–H and O–H groups in total. The molecule has 44 nitrogen and oxygen atoms in total. The third-order valence-electron chi connectivity index (χ3n) is 18.3. The lowest BCUT2D eigenvalue weighted by atomic mass is 9.91. The summed E-state index contributed by atoms with van der Waals surface area (Å²) in [6.07, 6.45) is 0.498. The zero-order valence-electron chi connectivity index (χ0n) is 63.3. The van der Waals surface area contributed by atoms with Gasteiger partial charge in [0.1, 0.15) is 14.2 Å². The molecular formula is C21H126O44Si42. The van der Waals surface area contributed by atoms with Crippen LogP contribution in [0.4, 0.5) is 0 Å². The maximum atomic E-state index is 14.0. The fourth-order valence-electron chi connectivity index (χ4n) is 12.4. The average Bonchev–Trinajstić information content (AvgIpc) is 0.639. The molecule has 0 saturated carbocycles. The fraction of sp³-hybridized carbons (Fsp3) is 0.952. The molecule has 107 heavy (non-hydrogen) atoms. The maximum Gasteiger partial charge on any atom is 0.338 e. The summed E-state index contributed by atoms with van der Waals surface area (Å²) in [4.78, 5) is 346. The molecule has 0 bridgehead atoms. The summed E-state index contributed by atoms with van der Waals surface area (Å²) in [6.45, 7) is -31.3. The number of ether oxygens (including phenoxy) is 2. The molecule has 0 amide bonds. The molecule has 642 valence electrons. The predicted molar refractivity (Wildman–Crippen MR) is 498 cm³/mol. The van der Waals surface area contributed by atoms with Gasteiger partial charge in [0.15, 0.2) is 120 Å². The van der Waals surface area contributed by atoms with E-state index in [1.54, 1.807) is 40.0 Å². The van der Waals surface area contributed by atoms with Gasteiger partial charge in [0.2, 0.25) is 73.9 Å². The largest absolute Gasteiger partial charge is 0.463 e. The Bertz CT molecular complexity index is 2440. The molecule has 0 aromatic rings. The second-order valence-corrected chi connectivity index (χ2v) is 269. The SMILES string of the molecule is CCC(C)(C)C(=O)OCCOCCC[Si](C)(O[SiH](C)O[Si](O[Si](O[Si](O)([SiH2]O)[Si](C)(C)C)([Si](O[SiH2]O)([SiH2]O)[SiH2]O)[Si](O[SiH2]O)([SiH2]O)[SiH2]O)([Si](O[Si](O[SiH2]O)([SiH2]O)[SiH2]O)([Si](O[SiH2]O)([SiH2]O)[SiH2]O)[Si](O[SiH2]O)([SiH2]O)[SiH2]O)[Si](O[Si](O[SiH2]O)([SiH2]O)[SiH2]O)([Si](O[SiH2]O)([SiH2]O)[SiH2]O)[Si](O[Si](C)(C)O)([SiH2]O)[SiH2]O)O[Si](C)(C)C. The molecule has 0 aliphatic heterocycles. The van der Waals surface area contributed by atoms with Crippen molar-refractivity contribution in [3.05, 3.63) is 0 Å². The molecule has 86 heteroatoms. The number of hydrogen-bond donors (Lipinski definition) is 26.